The second-order valence-corrected chi connectivity index (χ2v) is 6.27. The van der Waals surface area contributed by atoms with Crippen molar-refractivity contribution in [3.05, 3.63) is 82.9 Å². The second kappa shape index (κ2) is 7.98. The minimum Gasteiger partial charge on any atom is -0.356 e. The van der Waals surface area contributed by atoms with Gasteiger partial charge < -0.3 is 5.32 Å². The monoisotopic (exact) mass is 337 g/mol. The first kappa shape index (κ1) is 16.5. The van der Waals surface area contributed by atoms with E-state index in [1.54, 1.807) is 0 Å². The van der Waals surface area contributed by atoms with Crippen molar-refractivity contribution in [1.82, 2.24) is 5.32 Å². The van der Waals surface area contributed by atoms with Gasteiger partial charge in [0.05, 0.1) is 6.42 Å². The maximum atomic E-state index is 12.0. The smallest absolute Gasteiger partial charge is 0.224 e. The highest BCUT2D eigenvalue weighted by Crippen LogP contribution is 2.19. The first-order valence-electron chi connectivity index (χ1n) is 8.21. The molecule has 0 bridgehead atoms. The van der Waals surface area contributed by atoms with Crippen LogP contribution in [0.1, 0.15) is 17.5 Å². The molecule has 3 heteroatoms. The van der Waals surface area contributed by atoms with Gasteiger partial charge in [-0.05, 0) is 40.8 Å². The summed E-state index contributed by atoms with van der Waals surface area (Å²) >= 11 is 6.09. The molecule has 0 aliphatic heterocycles. The zero-order chi connectivity index (χ0) is 16.8. The number of rotatable bonds is 6. The van der Waals surface area contributed by atoms with Crippen LogP contribution in [0.2, 0.25) is 5.02 Å². The number of carbonyl (C=O) groups is 1. The number of benzene rings is 3. The quantitative estimate of drug-likeness (QED) is 0.644. The molecule has 0 heterocycles. The zero-order valence-electron chi connectivity index (χ0n) is 13.5. The van der Waals surface area contributed by atoms with E-state index in [2.05, 4.69) is 47.8 Å². The molecular weight excluding hydrogens is 318 g/mol. The van der Waals surface area contributed by atoms with Crippen molar-refractivity contribution in [3.63, 3.8) is 0 Å². The average molecular weight is 338 g/mol. The van der Waals surface area contributed by atoms with Crippen LogP contribution in [0.5, 0.6) is 0 Å². The lowest BCUT2D eigenvalue weighted by Gasteiger charge is -2.08. The highest BCUT2D eigenvalue weighted by Gasteiger charge is 2.06. The van der Waals surface area contributed by atoms with Gasteiger partial charge in [0, 0.05) is 11.6 Å². The van der Waals surface area contributed by atoms with Crippen LogP contribution in [0.4, 0.5) is 0 Å². The highest BCUT2D eigenvalue weighted by atomic mass is 35.5. The molecule has 0 aliphatic carbocycles. The van der Waals surface area contributed by atoms with E-state index < -0.39 is 0 Å². The molecule has 0 unspecified atom stereocenters. The van der Waals surface area contributed by atoms with Gasteiger partial charge in [0.2, 0.25) is 5.91 Å². The van der Waals surface area contributed by atoms with Crippen molar-refractivity contribution in [2.24, 2.45) is 0 Å². The Morgan fingerprint density at radius 1 is 0.875 bits per heavy atom. The summed E-state index contributed by atoms with van der Waals surface area (Å²) in [4.78, 5) is 12.0. The molecule has 0 saturated heterocycles. The standard InChI is InChI=1S/C21H20ClNO/c22-20-13-4-2-8-18(20)15-21(24)23-14-6-11-17-10-5-9-16-7-1-3-12-19(16)17/h1-5,7-10,12-13H,6,11,14-15H2,(H,23,24). The molecule has 0 radical (unpaired) electrons. The van der Waals surface area contributed by atoms with Crippen molar-refractivity contribution >= 4 is 28.3 Å². The maximum Gasteiger partial charge on any atom is 0.224 e. The predicted molar refractivity (Wildman–Crippen MR) is 100 cm³/mol. The van der Waals surface area contributed by atoms with Crippen LogP contribution in [-0.2, 0) is 17.6 Å². The van der Waals surface area contributed by atoms with E-state index in [1.807, 2.05) is 24.3 Å². The van der Waals surface area contributed by atoms with E-state index in [9.17, 15) is 4.79 Å². The lowest BCUT2D eigenvalue weighted by atomic mass is 10.0. The normalized spacial score (nSPS) is 10.7. The van der Waals surface area contributed by atoms with Crippen molar-refractivity contribution in [1.29, 1.82) is 0 Å². The second-order valence-electron chi connectivity index (χ2n) is 5.86. The molecule has 3 aromatic carbocycles. The van der Waals surface area contributed by atoms with E-state index in [0.717, 1.165) is 18.4 Å². The summed E-state index contributed by atoms with van der Waals surface area (Å²) in [6, 6.07) is 22.3. The van der Waals surface area contributed by atoms with Gasteiger partial charge in [-0.1, -0.05) is 72.3 Å². The Bertz CT molecular complexity index is 839. The number of aryl methyl sites for hydroxylation is 1. The first-order valence-corrected chi connectivity index (χ1v) is 8.58. The number of hydrogen-bond acceptors (Lipinski definition) is 1. The average Bonchev–Trinajstić information content (AvgIpc) is 2.61. The number of amides is 1. The van der Waals surface area contributed by atoms with Crippen LogP contribution in [0.3, 0.4) is 0 Å². The molecular formula is C21H20ClNO. The largest absolute Gasteiger partial charge is 0.356 e. The molecule has 1 N–H and O–H groups in total. The Labute approximate surface area is 147 Å². The maximum absolute atomic E-state index is 12.0. The number of carbonyl (C=O) groups excluding carboxylic acids is 1. The third-order valence-electron chi connectivity index (χ3n) is 4.13. The Morgan fingerprint density at radius 3 is 2.46 bits per heavy atom. The summed E-state index contributed by atoms with van der Waals surface area (Å²) in [5.74, 6) is 0.0148. The number of hydrogen-bond donors (Lipinski definition) is 1. The van der Waals surface area contributed by atoms with Gasteiger partial charge in [-0.15, -0.1) is 0 Å². The van der Waals surface area contributed by atoms with Crippen molar-refractivity contribution in [3.8, 4) is 0 Å². The van der Waals surface area contributed by atoms with Crippen LogP contribution in [0, 0.1) is 0 Å². The van der Waals surface area contributed by atoms with Gasteiger partial charge in [0.1, 0.15) is 0 Å². The first-order chi connectivity index (χ1) is 11.7. The molecule has 3 rings (SSSR count). The summed E-state index contributed by atoms with van der Waals surface area (Å²) in [5, 5.41) is 6.18. The van der Waals surface area contributed by atoms with Crippen LogP contribution in [0.15, 0.2) is 66.7 Å². The topological polar surface area (TPSA) is 29.1 Å². The highest BCUT2D eigenvalue weighted by molar-refractivity contribution is 6.31. The molecule has 1 amide bonds. The molecule has 0 aliphatic rings. The minimum absolute atomic E-state index is 0.0148. The third kappa shape index (κ3) is 4.15. The molecule has 0 fully saturated rings. The van der Waals surface area contributed by atoms with Crippen LogP contribution >= 0.6 is 11.6 Å². The van der Waals surface area contributed by atoms with Gasteiger partial charge in [-0.2, -0.15) is 0 Å². The minimum atomic E-state index is 0.0148. The van der Waals surface area contributed by atoms with Gasteiger partial charge in [-0.25, -0.2) is 0 Å². The van der Waals surface area contributed by atoms with Crippen molar-refractivity contribution < 1.29 is 4.79 Å². The Kier molecular flexibility index (Phi) is 5.50. The number of fused-ring (bicyclic) bond motifs is 1. The van der Waals surface area contributed by atoms with E-state index >= 15 is 0 Å². The molecule has 0 atom stereocenters. The molecule has 0 saturated carbocycles. The summed E-state index contributed by atoms with van der Waals surface area (Å²) < 4.78 is 0. The van der Waals surface area contributed by atoms with E-state index in [0.29, 0.717) is 18.0 Å². The Balaban J connectivity index is 1.50. The van der Waals surface area contributed by atoms with Crippen LogP contribution < -0.4 is 5.32 Å². The number of halogens is 1. The molecule has 0 aromatic heterocycles. The van der Waals surface area contributed by atoms with Crippen LogP contribution in [0.25, 0.3) is 10.8 Å². The molecule has 3 aromatic rings. The van der Waals surface area contributed by atoms with E-state index in [-0.39, 0.29) is 5.91 Å². The molecule has 0 spiro atoms. The number of nitrogens with one attached hydrogen (secondary N) is 1. The van der Waals surface area contributed by atoms with Crippen LogP contribution in [-0.4, -0.2) is 12.5 Å². The zero-order valence-corrected chi connectivity index (χ0v) is 14.2. The fourth-order valence-electron chi connectivity index (χ4n) is 2.89. The van der Waals surface area contributed by atoms with Gasteiger partial charge >= 0.3 is 0 Å². The summed E-state index contributed by atoms with van der Waals surface area (Å²) in [6.07, 6.45) is 2.20. The fourth-order valence-corrected chi connectivity index (χ4v) is 3.10. The van der Waals surface area contributed by atoms with E-state index in [4.69, 9.17) is 11.6 Å². The lowest BCUT2D eigenvalue weighted by molar-refractivity contribution is -0.120. The van der Waals surface area contributed by atoms with E-state index in [1.165, 1.54) is 16.3 Å². The van der Waals surface area contributed by atoms with Crippen molar-refractivity contribution in [2.45, 2.75) is 19.3 Å². The lowest BCUT2D eigenvalue weighted by Crippen LogP contribution is -2.26. The van der Waals surface area contributed by atoms with Crippen molar-refractivity contribution in [2.75, 3.05) is 6.54 Å². The Hall–Kier alpha value is -2.32. The summed E-state index contributed by atoms with van der Waals surface area (Å²) in [5.41, 5.74) is 2.19. The molecule has 24 heavy (non-hydrogen) atoms. The van der Waals surface area contributed by atoms with Gasteiger partial charge in [0.15, 0.2) is 0 Å². The summed E-state index contributed by atoms with van der Waals surface area (Å²) in [6.45, 7) is 0.673. The third-order valence-corrected chi connectivity index (χ3v) is 4.50. The molecule has 2 nitrogen and oxygen atoms in total. The Morgan fingerprint density at radius 2 is 1.58 bits per heavy atom. The van der Waals surface area contributed by atoms with Gasteiger partial charge in [-0.3, -0.25) is 4.79 Å². The van der Waals surface area contributed by atoms with Gasteiger partial charge in [0.25, 0.3) is 0 Å². The SMILES string of the molecule is O=C(Cc1ccccc1Cl)NCCCc1cccc2ccccc12. The molecule has 122 valence electrons. The predicted octanol–water partition coefficient (Wildman–Crippen LogP) is 4.78. The summed E-state index contributed by atoms with van der Waals surface area (Å²) in [7, 11) is 0. The fraction of sp³-hybridized carbons (Fsp3) is 0.190.